The minimum absolute atomic E-state index is 0.342. The van der Waals surface area contributed by atoms with Gasteiger partial charge in [-0.1, -0.05) is 24.4 Å². The average molecular weight is 375 g/mol. The summed E-state index contributed by atoms with van der Waals surface area (Å²) in [6.45, 7) is 4.00. The van der Waals surface area contributed by atoms with Crippen LogP contribution < -0.4 is 0 Å². The maximum atomic E-state index is 12.5. The predicted octanol–water partition coefficient (Wildman–Crippen LogP) is 3.41. The van der Waals surface area contributed by atoms with E-state index >= 15 is 0 Å². The molecule has 4 rings (SSSR count). The van der Waals surface area contributed by atoms with Crippen LogP contribution in [-0.4, -0.2) is 52.0 Å². The standard InChI is InChI=1S/C19H26N4O2S/c24-18(12-15-4-2-1-3-5-15)23-9-7-22(8-10-23)13-17-20-19(21-25-17)16-6-11-26-14-16/h6,11,14-15H,1-5,7-10,12-13H2. The summed E-state index contributed by atoms with van der Waals surface area (Å²) in [5, 5.41) is 8.09. The van der Waals surface area contributed by atoms with Gasteiger partial charge in [0.1, 0.15) is 0 Å². The first kappa shape index (κ1) is 17.7. The smallest absolute Gasteiger partial charge is 0.241 e. The molecule has 3 heterocycles. The van der Waals surface area contributed by atoms with E-state index in [0.717, 1.165) is 38.2 Å². The Morgan fingerprint density at radius 1 is 1.19 bits per heavy atom. The van der Waals surface area contributed by atoms with Crippen LogP contribution in [0.1, 0.15) is 44.4 Å². The fraction of sp³-hybridized carbons (Fsp3) is 0.632. The van der Waals surface area contributed by atoms with Crippen LogP contribution in [0.15, 0.2) is 21.3 Å². The van der Waals surface area contributed by atoms with Gasteiger partial charge in [-0.05, 0) is 30.2 Å². The van der Waals surface area contributed by atoms with Crippen LogP contribution in [-0.2, 0) is 11.3 Å². The Hall–Kier alpha value is -1.73. The minimum atomic E-state index is 0.342. The molecular weight excluding hydrogens is 348 g/mol. The molecule has 7 heteroatoms. The second-order valence-electron chi connectivity index (χ2n) is 7.39. The highest BCUT2D eigenvalue weighted by atomic mass is 32.1. The molecule has 1 aliphatic heterocycles. The van der Waals surface area contributed by atoms with Gasteiger partial charge in [0, 0.05) is 43.5 Å². The van der Waals surface area contributed by atoms with E-state index in [2.05, 4.69) is 15.0 Å². The van der Waals surface area contributed by atoms with E-state index in [-0.39, 0.29) is 0 Å². The molecular formula is C19H26N4O2S. The van der Waals surface area contributed by atoms with E-state index in [9.17, 15) is 4.79 Å². The molecule has 0 aromatic carbocycles. The molecule has 2 aliphatic rings. The van der Waals surface area contributed by atoms with Crippen LogP contribution in [0.2, 0.25) is 0 Å². The van der Waals surface area contributed by atoms with Crippen molar-refractivity contribution < 1.29 is 9.32 Å². The summed E-state index contributed by atoms with van der Waals surface area (Å²) in [5.74, 6) is 2.26. The monoisotopic (exact) mass is 374 g/mol. The van der Waals surface area contributed by atoms with Gasteiger partial charge in [-0.3, -0.25) is 9.69 Å². The Labute approximate surface area is 158 Å². The lowest BCUT2D eigenvalue weighted by molar-refractivity contribution is -0.134. The summed E-state index contributed by atoms with van der Waals surface area (Å²) in [4.78, 5) is 21.3. The van der Waals surface area contributed by atoms with Crippen molar-refractivity contribution in [2.45, 2.75) is 45.1 Å². The second kappa shape index (κ2) is 8.31. The van der Waals surface area contributed by atoms with E-state index in [0.29, 0.717) is 30.1 Å². The summed E-state index contributed by atoms with van der Waals surface area (Å²) in [6, 6.07) is 2.00. The maximum absolute atomic E-state index is 12.5. The second-order valence-corrected chi connectivity index (χ2v) is 8.17. The summed E-state index contributed by atoms with van der Waals surface area (Å²) in [6.07, 6.45) is 7.14. The van der Waals surface area contributed by atoms with Gasteiger partial charge in [0.25, 0.3) is 0 Å². The molecule has 0 atom stereocenters. The quantitative estimate of drug-likeness (QED) is 0.802. The van der Waals surface area contributed by atoms with Crippen molar-refractivity contribution in [1.29, 1.82) is 0 Å². The lowest BCUT2D eigenvalue weighted by atomic mass is 9.86. The van der Waals surface area contributed by atoms with Gasteiger partial charge in [0.15, 0.2) is 0 Å². The largest absolute Gasteiger partial charge is 0.340 e. The van der Waals surface area contributed by atoms with E-state index in [1.165, 1.54) is 32.1 Å². The first-order valence-electron chi connectivity index (χ1n) is 9.63. The van der Waals surface area contributed by atoms with Gasteiger partial charge < -0.3 is 9.42 Å². The zero-order valence-electron chi connectivity index (χ0n) is 15.1. The third-order valence-electron chi connectivity index (χ3n) is 5.52. The number of carbonyl (C=O) groups is 1. The highest BCUT2D eigenvalue weighted by molar-refractivity contribution is 7.08. The third kappa shape index (κ3) is 4.32. The van der Waals surface area contributed by atoms with Gasteiger partial charge in [0.05, 0.1) is 6.54 Å². The van der Waals surface area contributed by atoms with Crippen LogP contribution in [0.4, 0.5) is 0 Å². The number of nitrogens with zero attached hydrogens (tertiary/aromatic N) is 4. The van der Waals surface area contributed by atoms with Crippen LogP contribution in [0.3, 0.4) is 0 Å². The number of amides is 1. The molecule has 26 heavy (non-hydrogen) atoms. The van der Waals surface area contributed by atoms with E-state index in [4.69, 9.17) is 4.52 Å². The van der Waals surface area contributed by atoms with E-state index in [1.807, 2.05) is 21.7 Å². The topological polar surface area (TPSA) is 62.5 Å². The first-order valence-corrected chi connectivity index (χ1v) is 10.6. The summed E-state index contributed by atoms with van der Waals surface area (Å²) >= 11 is 1.62. The van der Waals surface area contributed by atoms with Crippen molar-refractivity contribution in [3.8, 4) is 11.4 Å². The number of rotatable bonds is 5. The molecule has 1 saturated heterocycles. The normalized spacial score (nSPS) is 19.8. The Balaban J connectivity index is 1.24. The van der Waals surface area contributed by atoms with Crippen LogP contribution in [0.5, 0.6) is 0 Å². The van der Waals surface area contributed by atoms with Crippen molar-refractivity contribution in [1.82, 2.24) is 19.9 Å². The maximum Gasteiger partial charge on any atom is 0.241 e. The molecule has 0 spiro atoms. The summed E-state index contributed by atoms with van der Waals surface area (Å²) in [5.41, 5.74) is 1.00. The van der Waals surface area contributed by atoms with E-state index < -0.39 is 0 Å². The number of hydrogen-bond acceptors (Lipinski definition) is 6. The van der Waals surface area contributed by atoms with E-state index in [1.54, 1.807) is 11.3 Å². The molecule has 0 unspecified atom stereocenters. The van der Waals surface area contributed by atoms with Gasteiger partial charge in [0.2, 0.25) is 17.6 Å². The number of thiophene rings is 1. The molecule has 2 fully saturated rings. The van der Waals surface area contributed by atoms with Gasteiger partial charge in [-0.15, -0.1) is 0 Å². The Morgan fingerprint density at radius 2 is 2.00 bits per heavy atom. The molecule has 2 aromatic rings. The number of carbonyl (C=O) groups excluding carboxylic acids is 1. The summed E-state index contributed by atoms with van der Waals surface area (Å²) in [7, 11) is 0. The lowest BCUT2D eigenvalue weighted by Crippen LogP contribution is -2.48. The number of aromatic nitrogens is 2. The highest BCUT2D eigenvalue weighted by Crippen LogP contribution is 2.27. The predicted molar refractivity (Wildman–Crippen MR) is 101 cm³/mol. The molecule has 1 saturated carbocycles. The first-order chi connectivity index (χ1) is 12.8. The SMILES string of the molecule is O=C(CC1CCCCC1)N1CCN(Cc2nc(-c3ccsc3)no2)CC1. The van der Waals surface area contributed by atoms with Crippen molar-refractivity contribution >= 4 is 17.2 Å². The zero-order valence-corrected chi connectivity index (χ0v) is 15.9. The molecule has 1 aliphatic carbocycles. The minimum Gasteiger partial charge on any atom is -0.340 e. The molecule has 6 nitrogen and oxygen atoms in total. The van der Waals surface area contributed by atoms with Gasteiger partial charge in [-0.2, -0.15) is 16.3 Å². The fourth-order valence-corrected chi connectivity index (χ4v) is 4.58. The van der Waals surface area contributed by atoms with Crippen molar-refractivity contribution in [3.05, 3.63) is 22.7 Å². The fourth-order valence-electron chi connectivity index (χ4n) is 3.94. The van der Waals surface area contributed by atoms with Gasteiger partial charge in [-0.25, -0.2) is 0 Å². The Morgan fingerprint density at radius 3 is 2.73 bits per heavy atom. The Bertz CT molecular complexity index is 701. The van der Waals surface area contributed by atoms with Gasteiger partial charge >= 0.3 is 0 Å². The number of hydrogen-bond donors (Lipinski definition) is 0. The molecule has 0 N–H and O–H groups in total. The zero-order chi connectivity index (χ0) is 17.8. The highest BCUT2D eigenvalue weighted by Gasteiger charge is 2.25. The third-order valence-corrected chi connectivity index (χ3v) is 6.20. The number of piperazine rings is 1. The average Bonchev–Trinajstić information content (AvgIpc) is 3.35. The summed E-state index contributed by atoms with van der Waals surface area (Å²) < 4.78 is 5.39. The van der Waals surface area contributed by atoms with Crippen molar-refractivity contribution in [2.24, 2.45) is 5.92 Å². The molecule has 140 valence electrons. The molecule has 0 bridgehead atoms. The lowest BCUT2D eigenvalue weighted by Gasteiger charge is -2.35. The van der Waals surface area contributed by atoms with Crippen molar-refractivity contribution in [3.63, 3.8) is 0 Å². The van der Waals surface area contributed by atoms with Crippen LogP contribution in [0, 0.1) is 5.92 Å². The molecule has 2 aromatic heterocycles. The van der Waals surface area contributed by atoms with Crippen LogP contribution in [0.25, 0.3) is 11.4 Å². The van der Waals surface area contributed by atoms with Crippen LogP contribution >= 0.6 is 11.3 Å². The molecule has 0 radical (unpaired) electrons. The van der Waals surface area contributed by atoms with Crippen molar-refractivity contribution in [2.75, 3.05) is 26.2 Å². The molecule has 1 amide bonds. The Kier molecular flexibility index (Phi) is 5.65.